The van der Waals surface area contributed by atoms with Crippen LogP contribution in [-0.2, 0) is 9.47 Å². The van der Waals surface area contributed by atoms with Crippen LogP contribution >= 0.6 is 11.6 Å². The molecule has 0 spiro atoms. The molecule has 0 saturated carbocycles. The molecule has 0 aromatic carbocycles. The summed E-state index contributed by atoms with van der Waals surface area (Å²) in [6.07, 6.45) is 1.02. The minimum atomic E-state index is -0.561. The van der Waals surface area contributed by atoms with Gasteiger partial charge in [0.05, 0.1) is 24.1 Å². The molecule has 1 unspecified atom stereocenters. The van der Waals surface area contributed by atoms with Crippen LogP contribution in [0.2, 0.25) is 5.15 Å². The molecule has 1 rings (SSSR count). The Kier molecular flexibility index (Phi) is 4.52. The van der Waals surface area contributed by atoms with Crippen LogP contribution in [0.4, 0.5) is 5.69 Å². The molecule has 0 radical (unpaired) electrons. The van der Waals surface area contributed by atoms with E-state index in [0.717, 1.165) is 0 Å². The maximum atomic E-state index is 11.6. The van der Waals surface area contributed by atoms with Crippen molar-refractivity contribution >= 4 is 23.3 Å². The second kappa shape index (κ2) is 5.67. The summed E-state index contributed by atoms with van der Waals surface area (Å²) in [6.45, 7) is 2.04. The summed E-state index contributed by atoms with van der Waals surface area (Å²) in [7, 11) is 1.53. The van der Waals surface area contributed by atoms with Gasteiger partial charge in [0.2, 0.25) is 0 Å². The highest BCUT2D eigenvalue weighted by atomic mass is 35.5. The van der Waals surface area contributed by atoms with Crippen LogP contribution in [0, 0.1) is 0 Å². The van der Waals surface area contributed by atoms with Crippen molar-refractivity contribution in [3.63, 3.8) is 0 Å². The molecule has 5 nitrogen and oxygen atoms in total. The van der Waals surface area contributed by atoms with Crippen molar-refractivity contribution < 1.29 is 14.3 Å². The van der Waals surface area contributed by atoms with E-state index in [9.17, 15) is 4.79 Å². The monoisotopic (exact) mass is 244 g/mol. The summed E-state index contributed by atoms with van der Waals surface area (Å²) in [4.78, 5) is 15.4. The van der Waals surface area contributed by atoms with E-state index in [4.69, 9.17) is 26.8 Å². The van der Waals surface area contributed by atoms with E-state index < -0.39 is 5.97 Å². The number of pyridine rings is 1. The number of carbonyl (C=O) groups excluding carboxylic acids is 1. The quantitative estimate of drug-likeness (QED) is 0.642. The first-order chi connectivity index (χ1) is 7.54. The molecule has 1 atom stereocenters. The largest absolute Gasteiger partial charge is 0.457 e. The highest BCUT2D eigenvalue weighted by Crippen LogP contribution is 2.17. The molecule has 0 bridgehead atoms. The number of hydrogen-bond donors (Lipinski definition) is 1. The predicted octanol–water partition coefficient (Wildman–Crippen LogP) is 1.51. The lowest BCUT2D eigenvalue weighted by atomic mass is 10.2. The van der Waals surface area contributed by atoms with E-state index in [-0.39, 0.29) is 16.8 Å². The smallest absolute Gasteiger partial charge is 0.341 e. The van der Waals surface area contributed by atoms with E-state index in [2.05, 4.69) is 4.98 Å². The van der Waals surface area contributed by atoms with Gasteiger partial charge in [-0.3, -0.25) is 0 Å². The van der Waals surface area contributed by atoms with Gasteiger partial charge < -0.3 is 15.2 Å². The topological polar surface area (TPSA) is 74.4 Å². The highest BCUT2D eigenvalue weighted by Gasteiger charge is 2.16. The third-order valence-electron chi connectivity index (χ3n) is 1.79. The SMILES string of the molecule is COCC(C)OC(=O)c1cc(N)cnc1Cl. The minimum absolute atomic E-state index is 0.0730. The Morgan fingerprint density at radius 1 is 1.69 bits per heavy atom. The van der Waals surface area contributed by atoms with Crippen LogP contribution in [0.5, 0.6) is 0 Å². The fraction of sp³-hybridized carbons (Fsp3) is 0.400. The zero-order valence-electron chi connectivity index (χ0n) is 9.07. The summed E-state index contributed by atoms with van der Waals surface area (Å²) < 4.78 is 9.91. The van der Waals surface area contributed by atoms with Crippen molar-refractivity contribution in [3.05, 3.63) is 23.0 Å². The molecule has 1 aromatic rings. The molecule has 1 heterocycles. The number of nitrogens with zero attached hydrogens (tertiary/aromatic N) is 1. The Morgan fingerprint density at radius 3 is 3.00 bits per heavy atom. The Labute approximate surface area is 98.5 Å². The van der Waals surface area contributed by atoms with Gasteiger partial charge in [-0.1, -0.05) is 11.6 Å². The fourth-order valence-corrected chi connectivity index (χ4v) is 1.30. The average Bonchev–Trinajstić information content (AvgIpc) is 2.21. The van der Waals surface area contributed by atoms with E-state index in [1.807, 2.05) is 0 Å². The van der Waals surface area contributed by atoms with E-state index in [0.29, 0.717) is 12.3 Å². The van der Waals surface area contributed by atoms with Crippen molar-refractivity contribution in [1.82, 2.24) is 4.98 Å². The number of methoxy groups -OCH3 is 1. The number of aromatic nitrogens is 1. The second-order valence-electron chi connectivity index (χ2n) is 3.28. The van der Waals surface area contributed by atoms with Gasteiger partial charge in [-0.25, -0.2) is 9.78 Å². The highest BCUT2D eigenvalue weighted by molar-refractivity contribution is 6.32. The van der Waals surface area contributed by atoms with E-state index in [1.165, 1.54) is 19.4 Å². The van der Waals surface area contributed by atoms with Gasteiger partial charge in [-0.15, -0.1) is 0 Å². The number of hydrogen-bond acceptors (Lipinski definition) is 5. The number of ether oxygens (including phenoxy) is 2. The van der Waals surface area contributed by atoms with Gasteiger partial charge in [0, 0.05) is 7.11 Å². The molecule has 16 heavy (non-hydrogen) atoms. The second-order valence-corrected chi connectivity index (χ2v) is 3.64. The van der Waals surface area contributed by atoms with Crippen LogP contribution in [0.3, 0.4) is 0 Å². The molecule has 2 N–H and O–H groups in total. The lowest BCUT2D eigenvalue weighted by Gasteiger charge is -2.12. The maximum Gasteiger partial charge on any atom is 0.341 e. The summed E-state index contributed by atoms with van der Waals surface area (Å²) in [5, 5.41) is 0.0730. The van der Waals surface area contributed by atoms with Gasteiger partial charge >= 0.3 is 5.97 Å². The van der Waals surface area contributed by atoms with E-state index in [1.54, 1.807) is 6.92 Å². The zero-order valence-corrected chi connectivity index (χ0v) is 9.82. The van der Waals surface area contributed by atoms with Gasteiger partial charge in [-0.2, -0.15) is 0 Å². The number of rotatable bonds is 4. The van der Waals surface area contributed by atoms with Gasteiger partial charge in [0.15, 0.2) is 0 Å². The number of anilines is 1. The Hall–Kier alpha value is -1.33. The fourth-order valence-electron chi connectivity index (χ4n) is 1.12. The number of nitrogen functional groups attached to an aromatic ring is 1. The Morgan fingerprint density at radius 2 is 2.38 bits per heavy atom. The standard InChI is InChI=1S/C10H13ClN2O3/c1-6(5-15-2)16-10(14)8-3-7(12)4-13-9(8)11/h3-4,6H,5,12H2,1-2H3. The van der Waals surface area contributed by atoms with Gasteiger partial charge in [0.25, 0.3) is 0 Å². The number of esters is 1. The molecular weight excluding hydrogens is 232 g/mol. The van der Waals surface area contributed by atoms with Gasteiger partial charge in [0.1, 0.15) is 11.3 Å². The Bertz CT molecular complexity index is 384. The molecule has 6 heteroatoms. The molecule has 0 aliphatic carbocycles. The lowest BCUT2D eigenvalue weighted by Crippen LogP contribution is -2.20. The van der Waals surface area contributed by atoms with E-state index >= 15 is 0 Å². The molecule has 0 aliphatic rings. The molecule has 0 saturated heterocycles. The van der Waals surface area contributed by atoms with Crippen LogP contribution in [0.25, 0.3) is 0 Å². The first-order valence-electron chi connectivity index (χ1n) is 4.65. The normalized spacial score (nSPS) is 12.2. The number of nitrogens with two attached hydrogens (primary N) is 1. The number of carbonyl (C=O) groups is 1. The third kappa shape index (κ3) is 3.36. The summed E-state index contributed by atoms with van der Waals surface area (Å²) in [5.74, 6) is -0.561. The van der Waals surface area contributed by atoms with Crippen molar-refractivity contribution in [3.8, 4) is 0 Å². The minimum Gasteiger partial charge on any atom is -0.457 e. The molecular formula is C10H13ClN2O3. The van der Waals surface area contributed by atoms with Crippen LogP contribution in [-0.4, -0.2) is 30.8 Å². The molecule has 88 valence electrons. The summed E-state index contributed by atoms with van der Waals surface area (Å²) in [6, 6.07) is 1.43. The predicted molar refractivity (Wildman–Crippen MR) is 60.4 cm³/mol. The van der Waals surface area contributed by atoms with Crippen LogP contribution in [0.15, 0.2) is 12.3 Å². The lowest BCUT2D eigenvalue weighted by molar-refractivity contribution is 0.0120. The first kappa shape index (κ1) is 12.7. The van der Waals surface area contributed by atoms with Gasteiger partial charge in [-0.05, 0) is 13.0 Å². The van der Waals surface area contributed by atoms with Crippen molar-refractivity contribution in [1.29, 1.82) is 0 Å². The molecule has 0 aliphatic heterocycles. The molecule has 1 aromatic heterocycles. The average molecular weight is 245 g/mol. The van der Waals surface area contributed by atoms with Crippen molar-refractivity contribution in [2.24, 2.45) is 0 Å². The number of halogens is 1. The maximum absolute atomic E-state index is 11.6. The van der Waals surface area contributed by atoms with Crippen LogP contribution < -0.4 is 5.73 Å². The summed E-state index contributed by atoms with van der Waals surface area (Å²) in [5.41, 5.74) is 6.02. The molecule has 0 fully saturated rings. The van der Waals surface area contributed by atoms with Crippen molar-refractivity contribution in [2.45, 2.75) is 13.0 Å². The van der Waals surface area contributed by atoms with Crippen LogP contribution in [0.1, 0.15) is 17.3 Å². The molecule has 0 amide bonds. The van der Waals surface area contributed by atoms with Crippen molar-refractivity contribution in [2.75, 3.05) is 19.5 Å². The summed E-state index contributed by atoms with van der Waals surface area (Å²) >= 11 is 5.75. The third-order valence-corrected chi connectivity index (χ3v) is 2.09. The first-order valence-corrected chi connectivity index (χ1v) is 5.03. The Balaban J connectivity index is 2.76. The zero-order chi connectivity index (χ0) is 12.1.